The largest absolute Gasteiger partial charge is 0.494 e. The molecule has 2 aromatic carbocycles. The molecule has 0 saturated heterocycles. The van der Waals surface area contributed by atoms with E-state index in [9.17, 15) is 4.79 Å². The van der Waals surface area contributed by atoms with Crippen molar-refractivity contribution >= 4 is 56.0 Å². The molecule has 0 aliphatic heterocycles. The van der Waals surface area contributed by atoms with E-state index < -0.39 is 0 Å². The van der Waals surface area contributed by atoms with Crippen molar-refractivity contribution in [1.82, 2.24) is 14.9 Å². The van der Waals surface area contributed by atoms with Gasteiger partial charge in [0.05, 0.1) is 40.1 Å². The molecular weight excluding hydrogens is 508 g/mol. The smallest absolute Gasteiger partial charge is 0.247 e. The summed E-state index contributed by atoms with van der Waals surface area (Å²) in [6, 6.07) is 14.2. The molecule has 1 amide bonds. The topological polar surface area (TPSA) is 82.6 Å². The summed E-state index contributed by atoms with van der Waals surface area (Å²) in [5.41, 5.74) is 7.50. The maximum Gasteiger partial charge on any atom is 0.247 e. The second-order valence-corrected chi connectivity index (χ2v) is 10.5. The predicted molar refractivity (Wildman–Crippen MR) is 162 cm³/mol. The van der Waals surface area contributed by atoms with Gasteiger partial charge in [0.25, 0.3) is 0 Å². The first-order chi connectivity index (χ1) is 18.9. The SMILES string of the molecule is C=CC(=O)Nc1cc(Nc2nc(C3=CCc4ccccc43)c3sccc3n2)c(OC)cc1N(C)CCN(C)C. The van der Waals surface area contributed by atoms with E-state index in [0.29, 0.717) is 23.1 Å². The average Bonchev–Trinajstić information content (AvgIpc) is 3.58. The summed E-state index contributed by atoms with van der Waals surface area (Å²) in [6.07, 6.45) is 4.37. The Balaban J connectivity index is 1.55. The number of fused-ring (bicyclic) bond motifs is 2. The molecule has 2 aromatic heterocycles. The number of carbonyl (C=O) groups is 1. The number of hydrogen-bond donors (Lipinski definition) is 2. The minimum Gasteiger partial charge on any atom is -0.494 e. The standard InChI is InChI=1S/C30H32N6O2S/c1-6-27(37)31-23-17-24(26(38-5)18-25(23)36(4)15-14-35(2)3)33-30-32-22-13-16-39-29(22)28(34-30)21-12-11-19-9-7-8-10-20(19)21/h6-10,12-13,16-18H,1,11,14-15H2,2-5H3,(H,31,37)(H,32,33,34). The lowest BCUT2D eigenvalue weighted by atomic mass is 10.0. The zero-order valence-electron chi connectivity index (χ0n) is 22.6. The summed E-state index contributed by atoms with van der Waals surface area (Å²) >= 11 is 1.64. The zero-order chi connectivity index (χ0) is 27.5. The number of allylic oxidation sites excluding steroid dienone is 1. The molecule has 0 spiro atoms. The van der Waals surface area contributed by atoms with Crippen molar-refractivity contribution in [3.05, 3.63) is 83.4 Å². The lowest BCUT2D eigenvalue weighted by molar-refractivity contribution is -0.111. The molecule has 0 radical (unpaired) electrons. The monoisotopic (exact) mass is 540 g/mol. The molecule has 0 fully saturated rings. The maximum absolute atomic E-state index is 12.3. The molecule has 0 bridgehead atoms. The number of likely N-dealkylation sites (N-methyl/N-ethyl adjacent to an activating group) is 2. The summed E-state index contributed by atoms with van der Waals surface area (Å²) in [7, 11) is 7.67. The second-order valence-electron chi connectivity index (χ2n) is 9.62. The van der Waals surface area contributed by atoms with Gasteiger partial charge in [-0.15, -0.1) is 11.3 Å². The van der Waals surface area contributed by atoms with Gasteiger partial charge in [-0.05, 0) is 55.2 Å². The van der Waals surface area contributed by atoms with Crippen LogP contribution < -0.4 is 20.3 Å². The van der Waals surface area contributed by atoms with Crippen LogP contribution >= 0.6 is 11.3 Å². The molecule has 200 valence electrons. The van der Waals surface area contributed by atoms with Crippen LogP contribution in [-0.4, -0.2) is 62.1 Å². The van der Waals surface area contributed by atoms with E-state index >= 15 is 0 Å². The first-order valence-electron chi connectivity index (χ1n) is 12.7. The van der Waals surface area contributed by atoms with E-state index in [0.717, 1.165) is 46.7 Å². The molecule has 1 aliphatic rings. The van der Waals surface area contributed by atoms with E-state index in [4.69, 9.17) is 14.7 Å². The fourth-order valence-electron chi connectivity index (χ4n) is 4.64. The number of nitrogens with one attached hydrogen (secondary N) is 2. The molecule has 0 unspecified atom stereocenters. The number of carbonyl (C=O) groups excluding carboxylic acids is 1. The van der Waals surface area contributed by atoms with Crippen molar-refractivity contribution in [1.29, 1.82) is 0 Å². The highest BCUT2D eigenvalue weighted by atomic mass is 32.1. The van der Waals surface area contributed by atoms with Gasteiger partial charge in [-0.3, -0.25) is 4.79 Å². The Morgan fingerprint density at radius 2 is 1.95 bits per heavy atom. The number of anilines is 4. The van der Waals surface area contributed by atoms with Gasteiger partial charge in [-0.2, -0.15) is 0 Å². The van der Waals surface area contributed by atoms with Crippen LogP contribution in [0.25, 0.3) is 15.8 Å². The Labute approximate surface area is 232 Å². The lowest BCUT2D eigenvalue weighted by Gasteiger charge is -2.26. The lowest BCUT2D eigenvalue weighted by Crippen LogP contribution is -2.29. The van der Waals surface area contributed by atoms with Gasteiger partial charge >= 0.3 is 0 Å². The molecular formula is C30H32N6O2S. The van der Waals surface area contributed by atoms with Gasteiger partial charge in [0.1, 0.15) is 5.75 Å². The molecule has 2 N–H and O–H groups in total. The first kappa shape index (κ1) is 26.4. The van der Waals surface area contributed by atoms with Crippen LogP contribution in [0, 0.1) is 0 Å². The molecule has 5 rings (SSSR count). The number of methoxy groups -OCH3 is 1. The van der Waals surface area contributed by atoms with Crippen LogP contribution in [0.2, 0.25) is 0 Å². The van der Waals surface area contributed by atoms with Crippen molar-refractivity contribution in [2.24, 2.45) is 0 Å². The zero-order valence-corrected chi connectivity index (χ0v) is 23.4. The second kappa shape index (κ2) is 11.3. The van der Waals surface area contributed by atoms with E-state index in [1.54, 1.807) is 18.4 Å². The van der Waals surface area contributed by atoms with Gasteiger partial charge in [-0.25, -0.2) is 9.97 Å². The minimum atomic E-state index is -0.293. The average molecular weight is 541 g/mol. The third-order valence-electron chi connectivity index (χ3n) is 6.69. The highest BCUT2D eigenvalue weighted by molar-refractivity contribution is 7.17. The summed E-state index contributed by atoms with van der Waals surface area (Å²) in [5.74, 6) is 0.770. The van der Waals surface area contributed by atoms with Gasteiger partial charge in [0, 0.05) is 31.8 Å². The number of hydrogen-bond acceptors (Lipinski definition) is 8. The molecule has 0 saturated carbocycles. The van der Waals surface area contributed by atoms with E-state index in [1.165, 1.54) is 17.2 Å². The van der Waals surface area contributed by atoms with Gasteiger partial charge in [0.15, 0.2) is 0 Å². The summed E-state index contributed by atoms with van der Waals surface area (Å²) < 4.78 is 6.82. The van der Waals surface area contributed by atoms with Crippen LogP contribution in [0.1, 0.15) is 16.8 Å². The van der Waals surface area contributed by atoms with E-state index in [-0.39, 0.29) is 5.91 Å². The first-order valence-corrected chi connectivity index (χ1v) is 13.6. The summed E-state index contributed by atoms with van der Waals surface area (Å²) in [5, 5.41) is 8.35. The van der Waals surface area contributed by atoms with Crippen LogP contribution in [0.4, 0.5) is 23.0 Å². The Kier molecular flexibility index (Phi) is 7.63. The maximum atomic E-state index is 12.3. The molecule has 1 aliphatic carbocycles. The third kappa shape index (κ3) is 5.50. The van der Waals surface area contributed by atoms with Gasteiger partial charge < -0.3 is 25.2 Å². The van der Waals surface area contributed by atoms with Crippen molar-refractivity contribution < 1.29 is 9.53 Å². The number of benzene rings is 2. The summed E-state index contributed by atoms with van der Waals surface area (Å²) in [6.45, 7) is 5.22. The number of amides is 1. The number of thiophene rings is 1. The normalized spacial score (nSPS) is 12.3. The van der Waals surface area contributed by atoms with E-state index in [2.05, 4.69) is 57.4 Å². The highest BCUT2D eigenvalue weighted by Gasteiger charge is 2.22. The van der Waals surface area contributed by atoms with Gasteiger partial charge in [-0.1, -0.05) is 36.9 Å². The third-order valence-corrected chi connectivity index (χ3v) is 7.60. The number of rotatable bonds is 10. The van der Waals surface area contributed by atoms with Gasteiger partial charge in [0.2, 0.25) is 11.9 Å². The molecule has 0 atom stereocenters. The molecule has 9 heteroatoms. The van der Waals surface area contributed by atoms with Crippen LogP contribution in [0.3, 0.4) is 0 Å². The van der Waals surface area contributed by atoms with Crippen LogP contribution in [0.15, 0.2) is 66.6 Å². The van der Waals surface area contributed by atoms with Crippen LogP contribution in [0.5, 0.6) is 5.75 Å². The van der Waals surface area contributed by atoms with Crippen molar-refractivity contribution in [3.8, 4) is 5.75 Å². The fourth-order valence-corrected chi connectivity index (χ4v) is 5.47. The molecule has 2 heterocycles. The van der Waals surface area contributed by atoms with Crippen molar-refractivity contribution in [3.63, 3.8) is 0 Å². The quantitative estimate of drug-likeness (QED) is 0.255. The molecule has 4 aromatic rings. The Morgan fingerprint density at radius 1 is 1.13 bits per heavy atom. The predicted octanol–water partition coefficient (Wildman–Crippen LogP) is 5.55. The Bertz CT molecular complexity index is 1580. The molecule has 39 heavy (non-hydrogen) atoms. The highest BCUT2D eigenvalue weighted by Crippen LogP contribution is 2.40. The Hall–Kier alpha value is -4.21. The number of ether oxygens (including phenoxy) is 1. The summed E-state index contributed by atoms with van der Waals surface area (Å²) in [4.78, 5) is 26.3. The number of aromatic nitrogens is 2. The van der Waals surface area contributed by atoms with Crippen molar-refractivity contribution in [2.75, 3.05) is 56.9 Å². The Morgan fingerprint density at radius 3 is 2.72 bits per heavy atom. The minimum absolute atomic E-state index is 0.293. The van der Waals surface area contributed by atoms with Crippen molar-refractivity contribution in [2.45, 2.75) is 6.42 Å². The van der Waals surface area contributed by atoms with Crippen LogP contribution in [-0.2, 0) is 11.2 Å². The van der Waals surface area contributed by atoms with E-state index in [1.807, 2.05) is 44.7 Å². The fraction of sp³-hybridized carbons (Fsp3) is 0.233. The molecule has 8 nitrogen and oxygen atoms in total. The number of nitrogens with zero attached hydrogens (tertiary/aromatic N) is 4.